The number of carbonyl (C=O) groups excluding carboxylic acids is 6. The minimum atomic E-state index is -2.30. The zero-order valence-corrected chi connectivity index (χ0v) is 34.8. The molecule has 0 fully saturated rings. The van der Waals surface area contributed by atoms with Crippen LogP contribution in [0.4, 0.5) is 0 Å². The molecule has 0 aliphatic carbocycles. The molecule has 5 amide bonds. The van der Waals surface area contributed by atoms with Crippen molar-refractivity contribution in [3.05, 3.63) is 0 Å². The van der Waals surface area contributed by atoms with E-state index in [1.165, 1.54) is 6.92 Å². The maximum atomic E-state index is 12.3. The van der Waals surface area contributed by atoms with E-state index in [4.69, 9.17) is 8.23 Å². The van der Waals surface area contributed by atoms with Crippen molar-refractivity contribution >= 4 is 60.5 Å². The number of hydrogen-bond acceptors (Lipinski definition) is 9. The van der Waals surface area contributed by atoms with Gasteiger partial charge in [0.2, 0.25) is 5.78 Å². The third-order valence-electron chi connectivity index (χ3n) is 7.76. The van der Waals surface area contributed by atoms with Crippen molar-refractivity contribution in [2.45, 2.75) is 126 Å². The lowest BCUT2D eigenvalue weighted by Gasteiger charge is -2.38. The maximum absolute atomic E-state index is 12.3. The van der Waals surface area contributed by atoms with Crippen molar-refractivity contribution in [3.63, 3.8) is 0 Å². The van der Waals surface area contributed by atoms with Crippen molar-refractivity contribution in [1.29, 1.82) is 0 Å². The van der Waals surface area contributed by atoms with E-state index in [2.05, 4.69) is 71.2 Å². The normalized spacial score (nSPS) is 12.7. The highest BCUT2D eigenvalue weighted by molar-refractivity contribution is 6.87. The van der Waals surface area contributed by atoms with Crippen LogP contribution in [0.2, 0.25) is 51.4 Å². The second-order valence-electron chi connectivity index (χ2n) is 14.7. The van der Waals surface area contributed by atoms with Gasteiger partial charge in [-0.3, -0.25) is 28.8 Å². The summed E-state index contributed by atoms with van der Waals surface area (Å²) < 4.78 is 13.2. The molecule has 14 nitrogen and oxygen atoms in total. The minimum absolute atomic E-state index is 0. The highest BCUT2D eigenvalue weighted by Crippen LogP contribution is 2.25. The fraction of sp³-hybridized carbons (Fsp3) is 0.824. The standard InChI is InChI=1S/C32H66N6O8Si3.2CH4/c1-25(15-11-18-34-28(40)27(3)39)23-37-31(43)29(41)35-19-12-16-26(2)24-38-32(44)30(42)36-20-14-22-48(7,8)46-49(9,10)45-47(5,6)21-13-17-33-4;;/h25-26,33H,11-24H2,1-10H3,(H,34,40)(H,35,41)(H,36,42)(H,37,43)(H,38,44);2*1H4. The van der Waals surface area contributed by atoms with Gasteiger partial charge in [-0.2, -0.15) is 0 Å². The fourth-order valence-electron chi connectivity index (χ4n) is 5.35. The second kappa shape index (κ2) is 27.2. The summed E-state index contributed by atoms with van der Waals surface area (Å²) in [5.74, 6) is -3.74. The lowest BCUT2D eigenvalue weighted by Crippen LogP contribution is -2.52. The summed E-state index contributed by atoms with van der Waals surface area (Å²) in [6, 6.07) is 1.93. The molecule has 0 radical (unpaired) electrons. The third kappa shape index (κ3) is 27.8. The molecular formula is C34H74N6O8Si3. The van der Waals surface area contributed by atoms with Crippen LogP contribution in [0, 0.1) is 11.8 Å². The molecular weight excluding hydrogens is 705 g/mol. The molecule has 0 aliphatic heterocycles. The van der Waals surface area contributed by atoms with E-state index >= 15 is 0 Å². The van der Waals surface area contributed by atoms with Crippen molar-refractivity contribution in [3.8, 4) is 0 Å². The van der Waals surface area contributed by atoms with E-state index in [0.29, 0.717) is 58.4 Å². The number of ketones is 1. The molecule has 0 saturated heterocycles. The largest absolute Gasteiger partial charge is 0.437 e. The molecule has 17 heteroatoms. The lowest BCUT2D eigenvalue weighted by atomic mass is 10.1. The Kier molecular flexibility index (Phi) is 28.2. The van der Waals surface area contributed by atoms with Crippen LogP contribution in [0.3, 0.4) is 0 Å². The quantitative estimate of drug-likeness (QED) is 0.0458. The Morgan fingerprint density at radius 3 is 1.24 bits per heavy atom. The highest BCUT2D eigenvalue weighted by atomic mass is 28.5. The summed E-state index contributed by atoms with van der Waals surface area (Å²) in [5.41, 5.74) is 0. The first kappa shape index (κ1) is 52.9. The van der Waals surface area contributed by atoms with E-state index in [0.717, 1.165) is 31.5 Å². The number of amides is 5. The topological polar surface area (TPSA) is 193 Å². The molecule has 0 rings (SSSR count). The van der Waals surface area contributed by atoms with Gasteiger partial charge in [-0.25, -0.2) is 0 Å². The van der Waals surface area contributed by atoms with Crippen molar-refractivity contribution < 1.29 is 37.0 Å². The van der Waals surface area contributed by atoms with Gasteiger partial charge in [-0.05, 0) is 115 Å². The first-order chi connectivity index (χ1) is 22.7. The first-order valence-corrected chi connectivity index (χ1v) is 26.7. The highest BCUT2D eigenvalue weighted by Gasteiger charge is 2.39. The molecule has 6 N–H and O–H groups in total. The number of nitrogens with one attached hydrogen (secondary N) is 6. The van der Waals surface area contributed by atoms with Crippen LogP contribution in [0.1, 0.15) is 74.1 Å². The Morgan fingerprint density at radius 1 is 0.529 bits per heavy atom. The van der Waals surface area contributed by atoms with E-state index in [1.807, 2.05) is 20.9 Å². The summed E-state index contributed by atoms with van der Waals surface area (Å²) in [4.78, 5) is 70.9. The van der Waals surface area contributed by atoms with Gasteiger partial charge in [0.15, 0.2) is 16.6 Å². The van der Waals surface area contributed by atoms with Gasteiger partial charge in [0.1, 0.15) is 0 Å². The van der Waals surface area contributed by atoms with Gasteiger partial charge < -0.3 is 40.1 Å². The lowest BCUT2D eigenvalue weighted by molar-refractivity contribution is -0.139. The number of carbonyl (C=O) groups is 6. The first-order valence-electron chi connectivity index (χ1n) is 17.7. The molecule has 0 aromatic carbocycles. The Hall–Kier alpha value is -2.45. The Balaban J connectivity index is -0.0000115. The van der Waals surface area contributed by atoms with E-state index in [1.54, 1.807) is 0 Å². The number of hydrogen-bond donors (Lipinski definition) is 6. The third-order valence-corrected chi connectivity index (χ3v) is 19.2. The second-order valence-corrected chi connectivity index (χ2v) is 27.1. The predicted molar refractivity (Wildman–Crippen MR) is 213 cm³/mol. The van der Waals surface area contributed by atoms with Crippen LogP contribution in [-0.2, 0) is 37.0 Å². The van der Waals surface area contributed by atoms with Crippen LogP contribution in [0.5, 0.6) is 0 Å². The Bertz CT molecular complexity index is 1080. The summed E-state index contributed by atoms with van der Waals surface area (Å²) in [7, 11) is -4.19. The predicted octanol–water partition coefficient (Wildman–Crippen LogP) is 3.41. The zero-order chi connectivity index (χ0) is 37.7. The molecule has 2 atom stereocenters. The van der Waals surface area contributed by atoms with Crippen molar-refractivity contribution in [2.24, 2.45) is 11.8 Å². The van der Waals surface area contributed by atoms with Gasteiger partial charge in [0.25, 0.3) is 5.91 Å². The monoisotopic (exact) mass is 778 g/mol. The van der Waals surface area contributed by atoms with E-state index in [-0.39, 0.29) is 26.7 Å². The summed E-state index contributed by atoms with van der Waals surface area (Å²) in [6.07, 6.45) is 4.45. The molecule has 51 heavy (non-hydrogen) atoms. The molecule has 2 unspecified atom stereocenters. The summed E-state index contributed by atoms with van der Waals surface area (Å²) >= 11 is 0. The molecule has 0 aromatic rings. The van der Waals surface area contributed by atoms with Gasteiger partial charge in [0.05, 0.1) is 0 Å². The molecule has 0 aromatic heterocycles. The Morgan fingerprint density at radius 2 is 0.863 bits per heavy atom. The zero-order valence-electron chi connectivity index (χ0n) is 31.8. The summed E-state index contributed by atoms with van der Waals surface area (Å²) in [5, 5.41) is 16.3. The SMILES string of the molecule is C.C.CNCCC[Si](C)(C)O[Si](C)(C)O[Si](C)(C)CCCNC(=O)C(=O)NCC(C)CCCNC(=O)C(=O)NCC(C)CCCNC(=O)C(C)=O. The van der Waals surface area contributed by atoms with E-state index in [9.17, 15) is 28.8 Å². The molecule has 0 saturated carbocycles. The van der Waals surface area contributed by atoms with Crippen LogP contribution in [0.25, 0.3) is 0 Å². The number of Topliss-reactive ketones (excluding diaryl/α,β-unsaturated/α-hetero) is 1. The molecule has 0 bridgehead atoms. The van der Waals surface area contributed by atoms with Crippen LogP contribution >= 0.6 is 0 Å². The molecule has 300 valence electrons. The average Bonchev–Trinajstić information content (AvgIpc) is 2.99. The summed E-state index contributed by atoms with van der Waals surface area (Å²) in [6.45, 7) is 20.8. The van der Waals surface area contributed by atoms with Crippen molar-refractivity contribution in [1.82, 2.24) is 31.9 Å². The van der Waals surface area contributed by atoms with Crippen LogP contribution < -0.4 is 31.9 Å². The van der Waals surface area contributed by atoms with Gasteiger partial charge >= 0.3 is 32.2 Å². The van der Waals surface area contributed by atoms with Gasteiger partial charge in [-0.1, -0.05) is 28.7 Å². The molecule has 0 heterocycles. The maximum Gasteiger partial charge on any atom is 0.311 e. The van der Waals surface area contributed by atoms with Gasteiger partial charge in [-0.15, -0.1) is 0 Å². The Labute approximate surface area is 312 Å². The van der Waals surface area contributed by atoms with Gasteiger partial charge in [0, 0.05) is 39.6 Å². The average molecular weight is 779 g/mol. The van der Waals surface area contributed by atoms with Crippen LogP contribution in [-0.4, -0.2) is 107 Å². The van der Waals surface area contributed by atoms with E-state index < -0.39 is 60.5 Å². The smallest absolute Gasteiger partial charge is 0.311 e. The molecule has 0 aliphatic rings. The fourth-order valence-corrected chi connectivity index (χ4v) is 19.4. The molecule has 0 spiro atoms. The minimum Gasteiger partial charge on any atom is -0.437 e. The number of rotatable bonds is 25. The van der Waals surface area contributed by atoms with Crippen molar-refractivity contribution in [2.75, 3.05) is 46.3 Å². The van der Waals surface area contributed by atoms with Crippen LogP contribution in [0.15, 0.2) is 0 Å².